The molecule has 5 nitrogen and oxygen atoms in total. The van der Waals surface area contributed by atoms with Gasteiger partial charge in [-0.25, -0.2) is 4.79 Å². The van der Waals surface area contributed by atoms with E-state index in [0.29, 0.717) is 13.1 Å². The lowest BCUT2D eigenvalue weighted by Gasteiger charge is -2.19. The summed E-state index contributed by atoms with van der Waals surface area (Å²) in [6.45, 7) is 6.25. The van der Waals surface area contributed by atoms with Gasteiger partial charge in [-0.1, -0.05) is 5.92 Å². The Morgan fingerprint density at radius 3 is 2.94 bits per heavy atom. The molecule has 0 saturated heterocycles. The SMILES string of the molecule is C#CCn1cc(CNC(=O)OC(C)(C)C)cn1. The molecular formula is C12H17N3O2. The molecule has 0 aromatic carbocycles. The maximum absolute atomic E-state index is 11.4. The van der Waals surface area contributed by atoms with Crippen LogP contribution in [0.3, 0.4) is 0 Å². The Bertz CT molecular complexity index is 424. The number of carbonyl (C=O) groups excluding carboxylic acids is 1. The van der Waals surface area contributed by atoms with E-state index in [-0.39, 0.29) is 0 Å². The zero-order valence-electron chi connectivity index (χ0n) is 10.4. The Balaban J connectivity index is 2.40. The summed E-state index contributed by atoms with van der Waals surface area (Å²) in [5.74, 6) is 2.48. The van der Waals surface area contributed by atoms with Crippen molar-refractivity contribution in [2.24, 2.45) is 0 Å². The second-order valence-corrected chi connectivity index (χ2v) is 4.61. The van der Waals surface area contributed by atoms with Crippen LogP contribution in [-0.4, -0.2) is 21.5 Å². The molecule has 0 radical (unpaired) electrons. The minimum absolute atomic E-state index is 0.374. The van der Waals surface area contributed by atoms with Gasteiger partial charge in [-0.3, -0.25) is 4.68 Å². The van der Waals surface area contributed by atoms with Crippen molar-refractivity contribution in [1.82, 2.24) is 15.1 Å². The topological polar surface area (TPSA) is 56.2 Å². The molecule has 0 aliphatic heterocycles. The van der Waals surface area contributed by atoms with Gasteiger partial charge < -0.3 is 10.1 Å². The molecule has 1 aromatic rings. The number of amides is 1. The summed E-state index contributed by atoms with van der Waals surface area (Å²) in [6, 6.07) is 0. The lowest BCUT2D eigenvalue weighted by atomic mass is 10.2. The quantitative estimate of drug-likeness (QED) is 0.808. The van der Waals surface area contributed by atoms with Crippen molar-refractivity contribution in [2.75, 3.05) is 0 Å². The highest BCUT2D eigenvalue weighted by molar-refractivity contribution is 5.67. The molecule has 0 saturated carbocycles. The van der Waals surface area contributed by atoms with Crippen LogP contribution in [0.4, 0.5) is 4.79 Å². The van der Waals surface area contributed by atoms with Gasteiger partial charge in [0.25, 0.3) is 0 Å². The Labute approximate surface area is 101 Å². The minimum atomic E-state index is -0.488. The lowest BCUT2D eigenvalue weighted by molar-refractivity contribution is 0.0523. The fourth-order valence-corrected chi connectivity index (χ4v) is 1.17. The number of hydrogen-bond acceptors (Lipinski definition) is 3. The van der Waals surface area contributed by atoms with Gasteiger partial charge >= 0.3 is 6.09 Å². The average Bonchev–Trinajstić information content (AvgIpc) is 2.61. The molecule has 1 N–H and O–H groups in total. The number of terminal acetylenes is 1. The molecule has 0 aliphatic rings. The number of rotatable bonds is 3. The van der Waals surface area contributed by atoms with E-state index in [1.807, 2.05) is 20.8 Å². The van der Waals surface area contributed by atoms with Crippen molar-refractivity contribution in [3.05, 3.63) is 18.0 Å². The van der Waals surface area contributed by atoms with E-state index < -0.39 is 11.7 Å². The molecular weight excluding hydrogens is 218 g/mol. The first-order valence-corrected chi connectivity index (χ1v) is 5.32. The van der Waals surface area contributed by atoms with Crippen molar-refractivity contribution in [2.45, 2.75) is 39.5 Å². The minimum Gasteiger partial charge on any atom is -0.444 e. The lowest BCUT2D eigenvalue weighted by Crippen LogP contribution is -2.32. The van der Waals surface area contributed by atoms with Crippen LogP contribution in [-0.2, 0) is 17.8 Å². The van der Waals surface area contributed by atoms with Crippen molar-refractivity contribution in [3.8, 4) is 12.3 Å². The molecule has 0 spiro atoms. The van der Waals surface area contributed by atoms with E-state index in [1.165, 1.54) is 0 Å². The molecule has 17 heavy (non-hydrogen) atoms. The van der Waals surface area contributed by atoms with E-state index >= 15 is 0 Å². The standard InChI is InChI=1S/C12H17N3O2/c1-5-6-15-9-10(8-14-15)7-13-11(16)17-12(2,3)4/h1,8-9H,6-7H2,2-4H3,(H,13,16). The van der Waals surface area contributed by atoms with Crippen LogP contribution in [0.5, 0.6) is 0 Å². The molecule has 1 heterocycles. The molecule has 0 aliphatic carbocycles. The molecule has 0 atom stereocenters. The van der Waals surface area contributed by atoms with Crippen LogP contribution < -0.4 is 5.32 Å². The van der Waals surface area contributed by atoms with Gasteiger partial charge in [0.15, 0.2) is 0 Å². The zero-order chi connectivity index (χ0) is 12.9. The Morgan fingerprint density at radius 2 is 2.35 bits per heavy atom. The van der Waals surface area contributed by atoms with Gasteiger partial charge in [0.05, 0.1) is 6.20 Å². The van der Waals surface area contributed by atoms with E-state index in [0.717, 1.165) is 5.56 Å². The molecule has 0 unspecified atom stereocenters. The van der Waals surface area contributed by atoms with E-state index in [2.05, 4.69) is 16.3 Å². The number of nitrogens with zero attached hydrogens (tertiary/aromatic N) is 2. The maximum atomic E-state index is 11.4. The molecule has 1 rings (SSSR count). The van der Waals surface area contributed by atoms with E-state index in [1.54, 1.807) is 17.1 Å². The summed E-state index contributed by atoms with van der Waals surface area (Å²) in [5, 5.41) is 6.69. The summed E-state index contributed by atoms with van der Waals surface area (Å²) >= 11 is 0. The van der Waals surface area contributed by atoms with Gasteiger partial charge in [-0.2, -0.15) is 5.10 Å². The summed E-state index contributed by atoms with van der Waals surface area (Å²) in [6.07, 6.45) is 8.17. The maximum Gasteiger partial charge on any atom is 0.407 e. The third-order valence-corrected chi connectivity index (χ3v) is 1.78. The third kappa shape index (κ3) is 5.07. The number of aromatic nitrogens is 2. The molecule has 1 aromatic heterocycles. The van der Waals surface area contributed by atoms with Crippen molar-refractivity contribution >= 4 is 6.09 Å². The highest BCUT2D eigenvalue weighted by Crippen LogP contribution is 2.06. The van der Waals surface area contributed by atoms with Crippen LogP contribution >= 0.6 is 0 Å². The smallest absolute Gasteiger partial charge is 0.407 e. The predicted octanol–water partition coefficient (Wildman–Crippen LogP) is 1.54. The Hall–Kier alpha value is -1.96. The second-order valence-electron chi connectivity index (χ2n) is 4.61. The van der Waals surface area contributed by atoms with Crippen LogP contribution in [0.1, 0.15) is 26.3 Å². The number of ether oxygens (including phenoxy) is 1. The normalized spacial score (nSPS) is 10.7. The fraction of sp³-hybridized carbons (Fsp3) is 0.500. The van der Waals surface area contributed by atoms with E-state index in [9.17, 15) is 4.79 Å². The summed E-state index contributed by atoms with van der Waals surface area (Å²) in [4.78, 5) is 11.4. The highest BCUT2D eigenvalue weighted by Gasteiger charge is 2.15. The molecule has 0 fully saturated rings. The molecule has 1 amide bonds. The fourth-order valence-electron chi connectivity index (χ4n) is 1.17. The van der Waals surface area contributed by atoms with Crippen LogP contribution in [0, 0.1) is 12.3 Å². The average molecular weight is 235 g/mol. The number of hydrogen-bond donors (Lipinski definition) is 1. The molecule has 5 heteroatoms. The van der Waals surface area contributed by atoms with Gasteiger partial charge in [-0.05, 0) is 20.8 Å². The second kappa shape index (κ2) is 5.39. The first-order chi connectivity index (χ1) is 7.90. The monoisotopic (exact) mass is 235 g/mol. The van der Waals surface area contributed by atoms with Gasteiger partial charge in [0.2, 0.25) is 0 Å². The number of nitrogens with one attached hydrogen (secondary N) is 1. The first kappa shape index (κ1) is 13.1. The Kier molecular flexibility index (Phi) is 4.16. The zero-order valence-corrected chi connectivity index (χ0v) is 10.4. The van der Waals surface area contributed by atoms with Gasteiger partial charge in [-0.15, -0.1) is 6.42 Å². The third-order valence-electron chi connectivity index (χ3n) is 1.78. The summed E-state index contributed by atoms with van der Waals surface area (Å²) in [7, 11) is 0. The van der Waals surface area contributed by atoms with Crippen LogP contribution in [0.2, 0.25) is 0 Å². The summed E-state index contributed by atoms with van der Waals surface area (Å²) in [5.41, 5.74) is 0.392. The highest BCUT2D eigenvalue weighted by atomic mass is 16.6. The van der Waals surface area contributed by atoms with Gasteiger partial charge in [0.1, 0.15) is 12.1 Å². The van der Waals surface area contributed by atoms with Crippen molar-refractivity contribution < 1.29 is 9.53 Å². The molecule has 92 valence electrons. The number of alkyl carbamates (subject to hydrolysis) is 1. The molecule has 0 bridgehead atoms. The summed E-state index contributed by atoms with van der Waals surface area (Å²) < 4.78 is 6.74. The predicted molar refractivity (Wildman–Crippen MR) is 64.1 cm³/mol. The van der Waals surface area contributed by atoms with Crippen molar-refractivity contribution in [3.63, 3.8) is 0 Å². The van der Waals surface area contributed by atoms with Gasteiger partial charge in [0, 0.05) is 18.3 Å². The largest absolute Gasteiger partial charge is 0.444 e. The van der Waals surface area contributed by atoms with E-state index in [4.69, 9.17) is 11.2 Å². The van der Waals surface area contributed by atoms with Crippen molar-refractivity contribution in [1.29, 1.82) is 0 Å². The first-order valence-electron chi connectivity index (χ1n) is 5.32. The van der Waals surface area contributed by atoms with Crippen LogP contribution in [0.25, 0.3) is 0 Å². The number of carbonyl (C=O) groups is 1. The Morgan fingerprint density at radius 1 is 1.65 bits per heavy atom. The van der Waals surface area contributed by atoms with Crippen LogP contribution in [0.15, 0.2) is 12.4 Å².